The molecule has 0 radical (unpaired) electrons. The van der Waals surface area contributed by atoms with E-state index in [1.807, 2.05) is 49.1 Å². The molecule has 2 rings (SSSR count). The SMILES string of the molecule is CCN(CC)C(=O)[C@@H]1O[C@@]1(CC)c1ccccc1. The minimum absolute atomic E-state index is 0.116. The van der Waals surface area contributed by atoms with E-state index in [0.29, 0.717) is 0 Å². The van der Waals surface area contributed by atoms with Crippen LogP contribution in [0.15, 0.2) is 30.3 Å². The highest BCUT2D eigenvalue weighted by atomic mass is 16.6. The fraction of sp³-hybridized carbons (Fsp3) is 0.533. The number of epoxide rings is 1. The fourth-order valence-corrected chi connectivity index (χ4v) is 2.54. The first-order valence-electron chi connectivity index (χ1n) is 6.71. The number of carbonyl (C=O) groups excluding carboxylic acids is 1. The average molecular weight is 247 g/mol. The molecule has 0 N–H and O–H groups in total. The van der Waals surface area contributed by atoms with Crippen molar-refractivity contribution in [3.8, 4) is 0 Å². The van der Waals surface area contributed by atoms with Crippen molar-refractivity contribution in [3.05, 3.63) is 35.9 Å². The van der Waals surface area contributed by atoms with Crippen molar-refractivity contribution in [3.63, 3.8) is 0 Å². The molecule has 1 heterocycles. The van der Waals surface area contributed by atoms with Crippen LogP contribution in [0.1, 0.15) is 32.8 Å². The molecule has 0 bridgehead atoms. The Kier molecular flexibility index (Phi) is 3.71. The lowest BCUT2D eigenvalue weighted by atomic mass is 9.92. The first kappa shape index (κ1) is 13.1. The summed E-state index contributed by atoms with van der Waals surface area (Å²) in [5.74, 6) is 0.116. The van der Waals surface area contributed by atoms with Gasteiger partial charge in [0, 0.05) is 13.1 Å². The molecular weight excluding hydrogens is 226 g/mol. The van der Waals surface area contributed by atoms with E-state index >= 15 is 0 Å². The zero-order valence-electron chi connectivity index (χ0n) is 11.3. The molecule has 1 aliphatic heterocycles. The zero-order chi connectivity index (χ0) is 13.2. The Morgan fingerprint density at radius 3 is 2.33 bits per heavy atom. The van der Waals surface area contributed by atoms with Crippen LogP contribution >= 0.6 is 0 Å². The second kappa shape index (κ2) is 5.11. The Morgan fingerprint density at radius 2 is 1.83 bits per heavy atom. The van der Waals surface area contributed by atoms with Crippen molar-refractivity contribution >= 4 is 5.91 Å². The molecule has 1 aliphatic rings. The third-order valence-corrected chi connectivity index (χ3v) is 3.78. The van der Waals surface area contributed by atoms with E-state index in [4.69, 9.17) is 4.74 Å². The third-order valence-electron chi connectivity index (χ3n) is 3.78. The van der Waals surface area contributed by atoms with Crippen LogP contribution in [-0.2, 0) is 15.1 Å². The number of nitrogens with zero attached hydrogens (tertiary/aromatic N) is 1. The van der Waals surface area contributed by atoms with Gasteiger partial charge in [0.2, 0.25) is 0 Å². The monoisotopic (exact) mass is 247 g/mol. The van der Waals surface area contributed by atoms with Gasteiger partial charge in [-0.15, -0.1) is 0 Å². The fourth-order valence-electron chi connectivity index (χ4n) is 2.54. The van der Waals surface area contributed by atoms with Crippen molar-refractivity contribution in [2.24, 2.45) is 0 Å². The number of ether oxygens (including phenoxy) is 1. The number of carbonyl (C=O) groups is 1. The Labute approximate surface area is 109 Å². The highest BCUT2D eigenvalue weighted by Gasteiger charge is 2.61. The predicted octanol–water partition coefficient (Wildman–Crippen LogP) is 2.56. The number of amides is 1. The lowest BCUT2D eigenvalue weighted by Gasteiger charge is -2.18. The molecule has 1 aromatic rings. The maximum Gasteiger partial charge on any atom is 0.255 e. The second-order valence-electron chi connectivity index (χ2n) is 4.62. The van der Waals surface area contributed by atoms with Crippen LogP contribution in [0.4, 0.5) is 0 Å². The molecule has 98 valence electrons. The van der Waals surface area contributed by atoms with Crippen LogP contribution < -0.4 is 0 Å². The van der Waals surface area contributed by atoms with Crippen LogP contribution in [-0.4, -0.2) is 30.0 Å². The number of benzene rings is 1. The molecule has 1 saturated heterocycles. The van der Waals surface area contributed by atoms with Crippen LogP contribution in [0.25, 0.3) is 0 Å². The van der Waals surface area contributed by atoms with Crippen LogP contribution in [0, 0.1) is 0 Å². The Bertz CT molecular complexity index is 414. The number of hydrogen-bond acceptors (Lipinski definition) is 2. The molecule has 1 aromatic carbocycles. The summed E-state index contributed by atoms with van der Waals surface area (Å²) in [5, 5.41) is 0. The largest absolute Gasteiger partial charge is 0.350 e. The van der Waals surface area contributed by atoms with E-state index in [-0.39, 0.29) is 17.6 Å². The number of likely N-dealkylation sites (N-methyl/N-ethyl adjacent to an activating group) is 1. The molecular formula is C15H21NO2. The molecule has 0 unspecified atom stereocenters. The van der Waals surface area contributed by atoms with Gasteiger partial charge in [-0.1, -0.05) is 37.3 Å². The number of rotatable bonds is 5. The zero-order valence-corrected chi connectivity index (χ0v) is 11.3. The molecule has 1 fully saturated rings. The van der Waals surface area contributed by atoms with Gasteiger partial charge in [0.15, 0.2) is 6.10 Å². The standard InChI is InChI=1S/C15H21NO2/c1-4-15(12-10-8-7-9-11-12)13(18-15)14(17)16(5-2)6-3/h7-11,13H,4-6H2,1-3H3/t13-,15-/m0/s1. The van der Waals surface area contributed by atoms with Gasteiger partial charge < -0.3 is 9.64 Å². The molecule has 0 aliphatic carbocycles. The van der Waals surface area contributed by atoms with Crippen LogP contribution in [0.3, 0.4) is 0 Å². The minimum atomic E-state index is -0.388. The Balaban J connectivity index is 2.18. The quantitative estimate of drug-likeness (QED) is 0.749. The Morgan fingerprint density at radius 1 is 1.22 bits per heavy atom. The average Bonchev–Trinajstić information content (AvgIpc) is 3.17. The highest BCUT2D eigenvalue weighted by molar-refractivity contribution is 5.85. The van der Waals surface area contributed by atoms with E-state index in [0.717, 1.165) is 25.1 Å². The normalized spacial score (nSPS) is 25.8. The summed E-state index contributed by atoms with van der Waals surface area (Å²) in [7, 11) is 0. The molecule has 0 aromatic heterocycles. The summed E-state index contributed by atoms with van der Waals surface area (Å²) in [4.78, 5) is 14.2. The van der Waals surface area contributed by atoms with Gasteiger partial charge in [-0.25, -0.2) is 0 Å². The molecule has 2 atom stereocenters. The molecule has 18 heavy (non-hydrogen) atoms. The van der Waals surface area contributed by atoms with Gasteiger partial charge in [0.1, 0.15) is 5.60 Å². The first-order valence-corrected chi connectivity index (χ1v) is 6.71. The van der Waals surface area contributed by atoms with E-state index < -0.39 is 0 Å². The summed E-state index contributed by atoms with van der Waals surface area (Å²) in [6.07, 6.45) is 0.527. The van der Waals surface area contributed by atoms with E-state index in [9.17, 15) is 4.79 Å². The maximum atomic E-state index is 12.3. The van der Waals surface area contributed by atoms with E-state index in [1.165, 1.54) is 0 Å². The van der Waals surface area contributed by atoms with Gasteiger partial charge in [-0.2, -0.15) is 0 Å². The topological polar surface area (TPSA) is 32.8 Å². The van der Waals surface area contributed by atoms with Crippen molar-refractivity contribution in [2.45, 2.75) is 38.9 Å². The van der Waals surface area contributed by atoms with Crippen LogP contribution in [0.5, 0.6) is 0 Å². The van der Waals surface area contributed by atoms with Crippen molar-refractivity contribution in [1.29, 1.82) is 0 Å². The van der Waals surface area contributed by atoms with Crippen molar-refractivity contribution in [2.75, 3.05) is 13.1 Å². The second-order valence-corrected chi connectivity index (χ2v) is 4.62. The van der Waals surface area contributed by atoms with Gasteiger partial charge >= 0.3 is 0 Å². The van der Waals surface area contributed by atoms with E-state index in [1.54, 1.807) is 0 Å². The van der Waals surface area contributed by atoms with Gasteiger partial charge in [0.25, 0.3) is 5.91 Å². The van der Waals surface area contributed by atoms with Gasteiger partial charge in [0.05, 0.1) is 0 Å². The molecule has 1 amide bonds. The third kappa shape index (κ3) is 2.03. The number of hydrogen-bond donors (Lipinski definition) is 0. The van der Waals surface area contributed by atoms with E-state index in [2.05, 4.69) is 6.92 Å². The first-order chi connectivity index (χ1) is 8.69. The summed E-state index contributed by atoms with van der Waals surface area (Å²) < 4.78 is 5.80. The molecule has 3 heteroatoms. The highest BCUT2D eigenvalue weighted by Crippen LogP contribution is 2.49. The molecule has 0 spiro atoms. The van der Waals surface area contributed by atoms with Gasteiger partial charge in [-0.05, 0) is 25.8 Å². The lowest BCUT2D eigenvalue weighted by molar-refractivity contribution is -0.132. The minimum Gasteiger partial charge on any atom is -0.350 e. The summed E-state index contributed by atoms with van der Waals surface area (Å²) >= 11 is 0. The summed E-state index contributed by atoms with van der Waals surface area (Å²) in [6.45, 7) is 7.55. The summed E-state index contributed by atoms with van der Waals surface area (Å²) in [6, 6.07) is 10.1. The van der Waals surface area contributed by atoms with Crippen molar-refractivity contribution in [1.82, 2.24) is 4.90 Å². The lowest BCUT2D eigenvalue weighted by Crippen LogP contribution is -2.36. The molecule has 3 nitrogen and oxygen atoms in total. The smallest absolute Gasteiger partial charge is 0.255 e. The van der Waals surface area contributed by atoms with Crippen molar-refractivity contribution < 1.29 is 9.53 Å². The molecule has 0 saturated carbocycles. The van der Waals surface area contributed by atoms with Crippen LogP contribution in [0.2, 0.25) is 0 Å². The predicted molar refractivity (Wildman–Crippen MR) is 71.2 cm³/mol. The van der Waals surface area contributed by atoms with Gasteiger partial charge in [-0.3, -0.25) is 4.79 Å². The Hall–Kier alpha value is -1.35. The maximum absolute atomic E-state index is 12.3. The summed E-state index contributed by atoms with van der Waals surface area (Å²) in [5.41, 5.74) is 0.721.